The maximum absolute atomic E-state index is 12.3. The van der Waals surface area contributed by atoms with Crippen LogP contribution in [0.2, 0.25) is 0 Å². The molecular formula is C19H20N4O3S. The van der Waals surface area contributed by atoms with Gasteiger partial charge in [-0.2, -0.15) is 11.3 Å². The largest absolute Gasteiger partial charge is 0.421 e. The second-order valence-electron chi connectivity index (χ2n) is 6.21. The fourth-order valence-corrected chi connectivity index (χ4v) is 3.53. The second-order valence-corrected chi connectivity index (χ2v) is 6.99. The lowest BCUT2D eigenvalue weighted by Crippen LogP contribution is -2.36. The van der Waals surface area contributed by atoms with E-state index in [1.807, 2.05) is 41.1 Å². The molecule has 1 fully saturated rings. The quantitative estimate of drug-likeness (QED) is 0.703. The minimum Gasteiger partial charge on any atom is -0.421 e. The van der Waals surface area contributed by atoms with Crippen molar-refractivity contribution in [3.8, 4) is 11.5 Å². The van der Waals surface area contributed by atoms with Crippen LogP contribution in [-0.4, -0.2) is 42.4 Å². The number of aromatic nitrogens is 2. The number of anilines is 2. The standard InChI is InChI=1S/C19H20N4O3S/c24-17(4-5-18-21-22-19(26-18)14-6-11-27-13-14)20-15-2-1-3-16(12-15)23-7-9-25-10-8-23/h1-3,6,11-13H,4-5,7-10H2,(H,20,24). The van der Waals surface area contributed by atoms with Crippen LogP contribution in [0.5, 0.6) is 0 Å². The lowest BCUT2D eigenvalue weighted by atomic mass is 10.2. The molecule has 140 valence electrons. The maximum Gasteiger partial charge on any atom is 0.248 e. The molecule has 8 heteroatoms. The molecule has 0 spiro atoms. The van der Waals surface area contributed by atoms with E-state index in [1.165, 1.54) is 0 Å². The first-order valence-corrected chi connectivity index (χ1v) is 9.80. The van der Waals surface area contributed by atoms with Crippen LogP contribution in [0.4, 0.5) is 11.4 Å². The lowest BCUT2D eigenvalue weighted by molar-refractivity contribution is -0.116. The molecule has 2 aromatic heterocycles. The summed E-state index contributed by atoms with van der Waals surface area (Å²) in [5, 5.41) is 14.9. The summed E-state index contributed by atoms with van der Waals surface area (Å²) in [6.07, 6.45) is 0.694. The summed E-state index contributed by atoms with van der Waals surface area (Å²) >= 11 is 1.57. The fourth-order valence-electron chi connectivity index (χ4n) is 2.90. The number of hydrogen-bond donors (Lipinski definition) is 1. The fraction of sp³-hybridized carbons (Fsp3) is 0.316. The van der Waals surface area contributed by atoms with E-state index in [9.17, 15) is 4.79 Å². The summed E-state index contributed by atoms with van der Waals surface area (Å²) in [6, 6.07) is 9.81. The van der Waals surface area contributed by atoms with Crippen molar-refractivity contribution in [1.29, 1.82) is 0 Å². The molecule has 0 aliphatic carbocycles. The van der Waals surface area contributed by atoms with Crippen molar-refractivity contribution in [2.45, 2.75) is 12.8 Å². The summed E-state index contributed by atoms with van der Waals surface area (Å²) in [5.41, 5.74) is 2.78. The molecule has 0 bridgehead atoms. The highest BCUT2D eigenvalue weighted by Gasteiger charge is 2.13. The van der Waals surface area contributed by atoms with Crippen LogP contribution in [0.3, 0.4) is 0 Å². The minimum absolute atomic E-state index is 0.0792. The molecule has 3 aromatic rings. The number of rotatable bonds is 6. The van der Waals surface area contributed by atoms with Crippen molar-refractivity contribution in [2.75, 3.05) is 36.5 Å². The smallest absolute Gasteiger partial charge is 0.248 e. The van der Waals surface area contributed by atoms with Gasteiger partial charge in [-0.15, -0.1) is 10.2 Å². The number of amides is 1. The molecule has 27 heavy (non-hydrogen) atoms. The van der Waals surface area contributed by atoms with Gasteiger partial charge in [-0.05, 0) is 29.6 Å². The van der Waals surface area contributed by atoms with Crippen molar-refractivity contribution in [1.82, 2.24) is 10.2 Å². The van der Waals surface area contributed by atoms with Gasteiger partial charge in [0.25, 0.3) is 0 Å². The van der Waals surface area contributed by atoms with Crippen LogP contribution < -0.4 is 10.2 Å². The Bertz CT molecular complexity index is 888. The second kappa shape index (κ2) is 8.32. The minimum atomic E-state index is -0.0792. The Labute approximate surface area is 161 Å². The predicted molar refractivity (Wildman–Crippen MR) is 104 cm³/mol. The number of aryl methyl sites for hydroxylation is 1. The Morgan fingerprint density at radius 1 is 1.22 bits per heavy atom. The third-order valence-corrected chi connectivity index (χ3v) is 4.99. The summed E-state index contributed by atoms with van der Waals surface area (Å²) in [7, 11) is 0. The van der Waals surface area contributed by atoms with Gasteiger partial charge in [0.05, 0.1) is 13.2 Å². The summed E-state index contributed by atoms with van der Waals surface area (Å²) in [4.78, 5) is 14.5. The monoisotopic (exact) mass is 384 g/mol. The molecule has 1 aliphatic heterocycles. The van der Waals surface area contributed by atoms with Gasteiger partial charge in [-0.1, -0.05) is 6.07 Å². The molecule has 7 nitrogen and oxygen atoms in total. The third-order valence-electron chi connectivity index (χ3n) is 4.31. The first kappa shape index (κ1) is 17.7. The van der Waals surface area contributed by atoms with E-state index >= 15 is 0 Å². The highest BCUT2D eigenvalue weighted by Crippen LogP contribution is 2.22. The number of morpholine rings is 1. The molecule has 1 amide bonds. The van der Waals surface area contributed by atoms with Crippen molar-refractivity contribution in [3.05, 3.63) is 47.0 Å². The van der Waals surface area contributed by atoms with Gasteiger partial charge in [0.1, 0.15) is 0 Å². The van der Waals surface area contributed by atoms with Gasteiger partial charge in [0.2, 0.25) is 17.7 Å². The lowest BCUT2D eigenvalue weighted by Gasteiger charge is -2.29. The molecule has 0 atom stereocenters. The number of carbonyl (C=O) groups excluding carboxylic acids is 1. The van der Waals surface area contributed by atoms with Crippen molar-refractivity contribution >= 4 is 28.6 Å². The first-order chi connectivity index (χ1) is 13.3. The molecular weight excluding hydrogens is 364 g/mol. The highest BCUT2D eigenvalue weighted by atomic mass is 32.1. The summed E-state index contributed by atoms with van der Waals surface area (Å²) in [6.45, 7) is 3.18. The van der Waals surface area contributed by atoms with E-state index in [2.05, 4.69) is 20.4 Å². The van der Waals surface area contributed by atoms with Gasteiger partial charge >= 0.3 is 0 Å². The average molecular weight is 384 g/mol. The van der Waals surface area contributed by atoms with Gasteiger partial charge < -0.3 is 19.4 Å². The third kappa shape index (κ3) is 4.53. The van der Waals surface area contributed by atoms with Gasteiger partial charge in [-0.3, -0.25) is 4.79 Å². The molecule has 4 rings (SSSR count). The number of hydrogen-bond acceptors (Lipinski definition) is 7. The van der Waals surface area contributed by atoms with E-state index < -0.39 is 0 Å². The Morgan fingerprint density at radius 2 is 2.11 bits per heavy atom. The maximum atomic E-state index is 12.3. The molecule has 3 heterocycles. The topological polar surface area (TPSA) is 80.5 Å². The van der Waals surface area contributed by atoms with E-state index in [1.54, 1.807) is 11.3 Å². The normalized spacial score (nSPS) is 14.3. The Kier molecular flexibility index (Phi) is 5.45. The van der Waals surface area contributed by atoms with Crippen molar-refractivity contribution in [2.24, 2.45) is 0 Å². The van der Waals surface area contributed by atoms with E-state index in [4.69, 9.17) is 9.15 Å². The molecule has 0 radical (unpaired) electrons. The zero-order valence-electron chi connectivity index (χ0n) is 14.8. The van der Waals surface area contributed by atoms with Crippen LogP contribution in [0.25, 0.3) is 11.5 Å². The number of carbonyl (C=O) groups is 1. The number of ether oxygens (including phenoxy) is 1. The Hall–Kier alpha value is -2.71. The van der Waals surface area contributed by atoms with Gasteiger partial charge in [-0.25, -0.2) is 0 Å². The number of nitrogens with one attached hydrogen (secondary N) is 1. The van der Waals surface area contributed by atoms with Crippen LogP contribution in [0, 0.1) is 0 Å². The Morgan fingerprint density at radius 3 is 2.93 bits per heavy atom. The SMILES string of the molecule is O=C(CCc1nnc(-c2ccsc2)o1)Nc1cccc(N2CCOCC2)c1. The van der Waals surface area contributed by atoms with Crippen molar-refractivity contribution in [3.63, 3.8) is 0 Å². The van der Waals surface area contributed by atoms with Gasteiger partial charge in [0, 0.05) is 48.2 Å². The average Bonchev–Trinajstić information content (AvgIpc) is 3.39. The first-order valence-electron chi connectivity index (χ1n) is 8.85. The number of thiophene rings is 1. The molecule has 1 saturated heterocycles. The molecule has 1 aromatic carbocycles. The predicted octanol–water partition coefficient (Wildman–Crippen LogP) is 3.21. The van der Waals surface area contributed by atoms with Crippen LogP contribution in [-0.2, 0) is 16.0 Å². The van der Waals surface area contributed by atoms with Crippen molar-refractivity contribution < 1.29 is 13.9 Å². The number of benzene rings is 1. The highest BCUT2D eigenvalue weighted by molar-refractivity contribution is 7.08. The zero-order chi connectivity index (χ0) is 18.5. The molecule has 0 unspecified atom stereocenters. The number of nitrogens with zero attached hydrogens (tertiary/aromatic N) is 3. The van der Waals surface area contributed by atoms with E-state index in [-0.39, 0.29) is 12.3 Å². The zero-order valence-corrected chi connectivity index (χ0v) is 15.6. The van der Waals surface area contributed by atoms with E-state index in [0.29, 0.717) is 18.2 Å². The van der Waals surface area contributed by atoms with E-state index in [0.717, 1.165) is 43.2 Å². The van der Waals surface area contributed by atoms with Crippen LogP contribution >= 0.6 is 11.3 Å². The van der Waals surface area contributed by atoms with Crippen LogP contribution in [0.1, 0.15) is 12.3 Å². The summed E-state index contributed by atoms with van der Waals surface area (Å²) in [5.74, 6) is 0.877. The Balaban J connectivity index is 1.32. The molecule has 0 saturated carbocycles. The molecule has 1 N–H and O–H groups in total. The van der Waals surface area contributed by atoms with Gasteiger partial charge in [0.15, 0.2) is 0 Å². The molecule has 1 aliphatic rings. The summed E-state index contributed by atoms with van der Waals surface area (Å²) < 4.78 is 11.0. The van der Waals surface area contributed by atoms with Crippen LogP contribution in [0.15, 0.2) is 45.5 Å².